The van der Waals surface area contributed by atoms with Gasteiger partial charge in [-0.15, -0.1) is 0 Å². The number of pyridine rings is 1. The van der Waals surface area contributed by atoms with Crippen molar-refractivity contribution in [2.24, 2.45) is 0 Å². The van der Waals surface area contributed by atoms with E-state index in [0.717, 1.165) is 5.56 Å². The number of rotatable bonds is 6. The van der Waals surface area contributed by atoms with Gasteiger partial charge in [-0.1, -0.05) is 29.8 Å². The number of ether oxygens (including phenoxy) is 1. The molecule has 3 aromatic rings. The van der Waals surface area contributed by atoms with Crippen molar-refractivity contribution in [3.05, 3.63) is 92.9 Å². The normalized spacial score (nSPS) is 10.4. The molecule has 3 rings (SSSR count). The highest BCUT2D eigenvalue weighted by molar-refractivity contribution is 6.31. The standard InChI is InChI=1S/C22H20ClN3O4/c1-24-21(28)14-7-9-19(30-2)18(11-14)25-22(29)16-8-10-20(27)26(13-16)12-15-5-3-4-6-17(15)23/h3-11,13H,12H2,1-2H3,(H,24,28)(H,25,29). The van der Waals surface area contributed by atoms with E-state index < -0.39 is 5.91 Å². The molecule has 2 N–H and O–H groups in total. The van der Waals surface area contributed by atoms with Gasteiger partial charge < -0.3 is 19.9 Å². The molecule has 1 heterocycles. The number of halogens is 1. The number of hydrogen-bond acceptors (Lipinski definition) is 4. The lowest BCUT2D eigenvalue weighted by Gasteiger charge is -2.13. The molecule has 0 spiro atoms. The average Bonchev–Trinajstić information content (AvgIpc) is 2.76. The summed E-state index contributed by atoms with van der Waals surface area (Å²) in [5, 5.41) is 5.80. The van der Waals surface area contributed by atoms with E-state index in [1.54, 1.807) is 24.3 Å². The SMILES string of the molecule is CNC(=O)c1ccc(OC)c(NC(=O)c2ccc(=O)n(Cc3ccccc3Cl)c2)c1. The second-order valence-corrected chi connectivity index (χ2v) is 6.83. The van der Waals surface area contributed by atoms with Crippen molar-refractivity contribution in [3.8, 4) is 5.75 Å². The number of hydrogen-bond donors (Lipinski definition) is 2. The molecule has 2 amide bonds. The van der Waals surface area contributed by atoms with Crippen LogP contribution in [-0.2, 0) is 6.54 Å². The second kappa shape index (κ2) is 9.28. The van der Waals surface area contributed by atoms with Gasteiger partial charge in [-0.25, -0.2) is 0 Å². The van der Waals surface area contributed by atoms with Gasteiger partial charge in [0.05, 0.1) is 24.9 Å². The van der Waals surface area contributed by atoms with Crippen molar-refractivity contribution < 1.29 is 14.3 Å². The lowest BCUT2D eigenvalue weighted by Crippen LogP contribution is -2.23. The number of aromatic nitrogens is 1. The Morgan fingerprint density at radius 2 is 1.77 bits per heavy atom. The Balaban J connectivity index is 1.88. The van der Waals surface area contributed by atoms with Gasteiger partial charge in [0, 0.05) is 29.9 Å². The van der Waals surface area contributed by atoms with E-state index in [9.17, 15) is 14.4 Å². The lowest BCUT2D eigenvalue weighted by atomic mass is 10.1. The maximum absolute atomic E-state index is 12.8. The van der Waals surface area contributed by atoms with Crippen LogP contribution in [0.5, 0.6) is 5.75 Å². The first-order chi connectivity index (χ1) is 14.4. The molecule has 0 aliphatic carbocycles. The molecule has 0 saturated carbocycles. The Labute approximate surface area is 178 Å². The minimum Gasteiger partial charge on any atom is -0.495 e. The van der Waals surface area contributed by atoms with Crippen molar-refractivity contribution in [3.63, 3.8) is 0 Å². The summed E-state index contributed by atoms with van der Waals surface area (Å²) in [6.45, 7) is 0.231. The molecule has 0 bridgehead atoms. The zero-order valence-electron chi connectivity index (χ0n) is 16.4. The summed E-state index contributed by atoms with van der Waals surface area (Å²) in [4.78, 5) is 36.9. The Hall–Kier alpha value is -3.58. The van der Waals surface area contributed by atoms with Crippen LogP contribution in [0.2, 0.25) is 5.02 Å². The molecule has 0 saturated heterocycles. The Bertz CT molecular complexity index is 1160. The molecule has 8 heteroatoms. The van der Waals surface area contributed by atoms with Crippen LogP contribution in [0.1, 0.15) is 26.3 Å². The van der Waals surface area contributed by atoms with Gasteiger partial charge in [0.1, 0.15) is 5.75 Å². The summed E-state index contributed by atoms with van der Waals surface area (Å²) in [5.74, 6) is -0.336. The molecular formula is C22H20ClN3O4. The van der Waals surface area contributed by atoms with Gasteiger partial charge in [0.15, 0.2) is 0 Å². The Morgan fingerprint density at radius 1 is 1.03 bits per heavy atom. The van der Waals surface area contributed by atoms with Crippen molar-refractivity contribution >= 4 is 29.1 Å². The van der Waals surface area contributed by atoms with Crippen molar-refractivity contribution in [1.29, 1.82) is 0 Å². The summed E-state index contributed by atoms with van der Waals surface area (Å²) in [6.07, 6.45) is 1.47. The van der Waals surface area contributed by atoms with Crippen LogP contribution in [0.3, 0.4) is 0 Å². The molecule has 2 aromatic carbocycles. The fourth-order valence-corrected chi connectivity index (χ4v) is 3.08. The number of methoxy groups -OCH3 is 1. The van der Waals surface area contributed by atoms with Gasteiger partial charge in [0.2, 0.25) is 0 Å². The summed E-state index contributed by atoms with van der Waals surface area (Å²) in [6, 6.07) is 14.7. The highest BCUT2D eigenvalue weighted by atomic mass is 35.5. The first-order valence-corrected chi connectivity index (χ1v) is 9.46. The number of nitrogens with zero attached hydrogens (tertiary/aromatic N) is 1. The molecule has 0 aliphatic rings. The van der Waals surface area contributed by atoms with Crippen LogP contribution < -0.4 is 20.9 Å². The molecule has 0 aliphatic heterocycles. The number of benzene rings is 2. The topological polar surface area (TPSA) is 89.4 Å². The van der Waals surface area contributed by atoms with Crippen LogP contribution in [0.4, 0.5) is 5.69 Å². The maximum Gasteiger partial charge on any atom is 0.257 e. The number of carbonyl (C=O) groups excluding carboxylic acids is 2. The van der Waals surface area contributed by atoms with Crippen LogP contribution in [0.15, 0.2) is 65.6 Å². The fourth-order valence-electron chi connectivity index (χ4n) is 2.89. The van der Waals surface area contributed by atoms with Crippen molar-refractivity contribution in [1.82, 2.24) is 9.88 Å². The zero-order chi connectivity index (χ0) is 21.7. The molecule has 0 atom stereocenters. The summed E-state index contributed by atoms with van der Waals surface area (Å²) in [5.41, 5.74) is 1.49. The number of amides is 2. The number of nitrogens with one attached hydrogen (secondary N) is 2. The molecule has 30 heavy (non-hydrogen) atoms. The predicted molar refractivity (Wildman–Crippen MR) is 116 cm³/mol. The number of anilines is 1. The van der Waals surface area contributed by atoms with E-state index in [-0.39, 0.29) is 23.6 Å². The summed E-state index contributed by atoms with van der Waals surface area (Å²) < 4.78 is 6.68. The highest BCUT2D eigenvalue weighted by Gasteiger charge is 2.14. The van der Waals surface area contributed by atoms with E-state index in [1.807, 2.05) is 12.1 Å². The monoisotopic (exact) mass is 425 g/mol. The molecule has 0 fully saturated rings. The number of carbonyl (C=O) groups is 2. The van der Waals surface area contributed by atoms with E-state index in [2.05, 4.69) is 10.6 Å². The Kier molecular flexibility index (Phi) is 6.54. The molecule has 0 radical (unpaired) electrons. The van der Waals surface area contributed by atoms with Gasteiger partial charge in [-0.05, 0) is 35.9 Å². The van der Waals surface area contributed by atoms with Crippen LogP contribution in [-0.4, -0.2) is 30.5 Å². The van der Waals surface area contributed by atoms with E-state index in [4.69, 9.17) is 16.3 Å². The van der Waals surface area contributed by atoms with Crippen LogP contribution >= 0.6 is 11.6 Å². The van der Waals surface area contributed by atoms with Crippen LogP contribution in [0.25, 0.3) is 0 Å². The van der Waals surface area contributed by atoms with Crippen molar-refractivity contribution in [2.45, 2.75) is 6.54 Å². The smallest absolute Gasteiger partial charge is 0.257 e. The van der Waals surface area contributed by atoms with E-state index >= 15 is 0 Å². The average molecular weight is 426 g/mol. The van der Waals surface area contributed by atoms with Gasteiger partial charge in [-0.3, -0.25) is 14.4 Å². The van der Waals surface area contributed by atoms with Crippen molar-refractivity contribution in [2.75, 3.05) is 19.5 Å². The Morgan fingerprint density at radius 3 is 2.47 bits per heavy atom. The minimum atomic E-state index is -0.449. The maximum atomic E-state index is 12.8. The zero-order valence-corrected chi connectivity index (χ0v) is 17.2. The molecule has 154 valence electrons. The highest BCUT2D eigenvalue weighted by Crippen LogP contribution is 2.26. The third-order valence-corrected chi connectivity index (χ3v) is 4.85. The second-order valence-electron chi connectivity index (χ2n) is 6.42. The van der Waals surface area contributed by atoms with Gasteiger partial charge >= 0.3 is 0 Å². The van der Waals surface area contributed by atoms with E-state index in [1.165, 1.54) is 43.1 Å². The summed E-state index contributed by atoms with van der Waals surface area (Å²) >= 11 is 6.18. The first kappa shape index (κ1) is 21.1. The predicted octanol–water partition coefficient (Wildman–Crippen LogP) is 3.17. The largest absolute Gasteiger partial charge is 0.495 e. The third-order valence-electron chi connectivity index (χ3n) is 4.48. The third kappa shape index (κ3) is 4.69. The summed E-state index contributed by atoms with van der Waals surface area (Å²) in [7, 11) is 2.99. The molecule has 7 nitrogen and oxygen atoms in total. The fraction of sp³-hybridized carbons (Fsp3) is 0.136. The molecule has 0 unspecified atom stereocenters. The molecule has 1 aromatic heterocycles. The minimum absolute atomic E-state index is 0.231. The van der Waals surface area contributed by atoms with Gasteiger partial charge in [-0.2, -0.15) is 0 Å². The molecular weight excluding hydrogens is 406 g/mol. The van der Waals surface area contributed by atoms with Gasteiger partial charge in [0.25, 0.3) is 17.4 Å². The quantitative estimate of drug-likeness (QED) is 0.634. The van der Waals surface area contributed by atoms with Crippen LogP contribution in [0, 0.1) is 0 Å². The lowest BCUT2D eigenvalue weighted by molar-refractivity contribution is 0.0961. The van der Waals surface area contributed by atoms with E-state index in [0.29, 0.717) is 22.0 Å². The first-order valence-electron chi connectivity index (χ1n) is 9.08.